The lowest BCUT2D eigenvalue weighted by molar-refractivity contribution is 0.0708. The predicted molar refractivity (Wildman–Crippen MR) is 106 cm³/mol. The molecule has 1 aliphatic rings. The summed E-state index contributed by atoms with van der Waals surface area (Å²) in [7, 11) is 0. The fraction of sp³-hybridized carbons (Fsp3) is 0.350. The summed E-state index contributed by atoms with van der Waals surface area (Å²) in [6.07, 6.45) is 5.45. The number of fused-ring (bicyclic) bond motifs is 1. The van der Waals surface area contributed by atoms with Crippen molar-refractivity contribution in [2.45, 2.75) is 25.4 Å². The Morgan fingerprint density at radius 1 is 1.22 bits per heavy atom. The maximum atomic E-state index is 12.5. The van der Waals surface area contributed by atoms with Crippen LogP contribution in [-0.2, 0) is 6.54 Å². The van der Waals surface area contributed by atoms with Crippen LogP contribution in [0, 0.1) is 0 Å². The molecule has 0 bridgehead atoms. The van der Waals surface area contributed by atoms with Crippen molar-refractivity contribution in [2.24, 2.45) is 5.73 Å². The number of anilines is 1. The third-order valence-electron chi connectivity index (χ3n) is 4.94. The summed E-state index contributed by atoms with van der Waals surface area (Å²) in [5, 5.41) is 8.84. The number of para-hydroxylation sites is 1. The number of amides is 1. The molecule has 3 aromatic rings. The van der Waals surface area contributed by atoms with E-state index in [9.17, 15) is 4.79 Å². The highest BCUT2D eigenvalue weighted by Gasteiger charge is 2.22. The lowest BCUT2D eigenvalue weighted by Gasteiger charge is -2.30. The number of nitrogens with two attached hydrogens (primary N) is 1. The average molecular weight is 364 g/mol. The Bertz CT molecular complexity index is 920. The summed E-state index contributed by atoms with van der Waals surface area (Å²) in [6, 6.07) is 11.9. The number of aromatic nitrogens is 3. The highest BCUT2D eigenvalue weighted by atomic mass is 16.2. The fourth-order valence-corrected chi connectivity index (χ4v) is 3.50. The van der Waals surface area contributed by atoms with E-state index in [-0.39, 0.29) is 11.9 Å². The van der Waals surface area contributed by atoms with Gasteiger partial charge >= 0.3 is 0 Å². The molecule has 7 heteroatoms. The predicted octanol–water partition coefficient (Wildman–Crippen LogP) is 2.11. The van der Waals surface area contributed by atoms with Gasteiger partial charge in [-0.25, -0.2) is 4.98 Å². The fourth-order valence-electron chi connectivity index (χ4n) is 3.50. The third kappa shape index (κ3) is 3.93. The van der Waals surface area contributed by atoms with Gasteiger partial charge in [-0.3, -0.25) is 9.48 Å². The molecule has 1 aromatic carbocycles. The molecule has 1 atom stereocenters. The molecule has 1 aliphatic heterocycles. The molecule has 3 N–H and O–H groups in total. The van der Waals surface area contributed by atoms with Crippen molar-refractivity contribution in [2.75, 3.05) is 25.0 Å². The topological polar surface area (TPSA) is 89.1 Å². The van der Waals surface area contributed by atoms with E-state index < -0.39 is 0 Å². The van der Waals surface area contributed by atoms with Gasteiger partial charge in [0.25, 0.3) is 5.91 Å². The van der Waals surface area contributed by atoms with E-state index in [0.29, 0.717) is 18.7 Å². The zero-order valence-electron chi connectivity index (χ0n) is 15.2. The Morgan fingerprint density at radius 2 is 2.11 bits per heavy atom. The SMILES string of the molecule is NC1CCCN(C(=O)c2ccc(NCCn3ncc4ccccc43)nc2)C1. The van der Waals surface area contributed by atoms with E-state index in [2.05, 4.69) is 27.5 Å². The first-order valence-electron chi connectivity index (χ1n) is 9.36. The second kappa shape index (κ2) is 7.75. The summed E-state index contributed by atoms with van der Waals surface area (Å²) >= 11 is 0. The van der Waals surface area contributed by atoms with E-state index in [4.69, 9.17) is 5.73 Å². The van der Waals surface area contributed by atoms with Crippen LogP contribution in [0.4, 0.5) is 5.82 Å². The maximum absolute atomic E-state index is 12.5. The van der Waals surface area contributed by atoms with Gasteiger partial charge in [-0.05, 0) is 31.0 Å². The quantitative estimate of drug-likeness (QED) is 0.724. The summed E-state index contributed by atoms with van der Waals surface area (Å²) in [5.41, 5.74) is 7.69. The van der Waals surface area contributed by atoms with Gasteiger partial charge in [0.1, 0.15) is 5.82 Å². The van der Waals surface area contributed by atoms with Gasteiger partial charge in [-0.1, -0.05) is 18.2 Å². The Kier molecular flexibility index (Phi) is 5.02. The minimum Gasteiger partial charge on any atom is -0.368 e. The Morgan fingerprint density at radius 3 is 2.93 bits per heavy atom. The molecule has 2 aromatic heterocycles. The van der Waals surface area contributed by atoms with Crippen LogP contribution in [0.3, 0.4) is 0 Å². The van der Waals surface area contributed by atoms with Crippen LogP contribution in [0.25, 0.3) is 10.9 Å². The van der Waals surface area contributed by atoms with E-state index in [1.165, 1.54) is 0 Å². The van der Waals surface area contributed by atoms with Crippen LogP contribution >= 0.6 is 0 Å². The molecule has 0 radical (unpaired) electrons. The highest BCUT2D eigenvalue weighted by Crippen LogP contribution is 2.14. The molecule has 0 saturated carbocycles. The largest absolute Gasteiger partial charge is 0.368 e. The minimum atomic E-state index is 0.00668. The van der Waals surface area contributed by atoms with Crippen molar-refractivity contribution in [1.29, 1.82) is 0 Å². The third-order valence-corrected chi connectivity index (χ3v) is 4.94. The van der Waals surface area contributed by atoms with Crippen LogP contribution in [0.1, 0.15) is 23.2 Å². The highest BCUT2D eigenvalue weighted by molar-refractivity contribution is 5.94. The van der Waals surface area contributed by atoms with E-state index in [1.54, 1.807) is 6.20 Å². The zero-order chi connectivity index (χ0) is 18.6. The van der Waals surface area contributed by atoms with Crippen molar-refractivity contribution < 1.29 is 4.79 Å². The molecule has 27 heavy (non-hydrogen) atoms. The minimum absolute atomic E-state index is 0.00668. The molecular formula is C20H24N6O. The second-order valence-corrected chi connectivity index (χ2v) is 6.94. The van der Waals surface area contributed by atoms with E-state index in [1.807, 2.05) is 40.0 Å². The first-order valence-corrected chi connectivity index (χ1v) is 9.36. The van der Waals surface area contributed by atoms with Crippen LogP contribution < -0.4 is 11.1 Å². The standard InChI is InChI=1S/C20H24N6O/c21-17-5-3-10-25(14-17)20(27)16-7-8-19(23-12-16)22-9-11-26-18-6-2-1-4-15(18)13-24-26/h1-2,4,6-8,12-13,17H,3,5,9-11,14,21H2,(H,22,23). The lowest BCUT2D eigenvalue weighted by Crippen LogP contribution is -2.45. The number of hydrogen-bond acceptors (Lipinski definition) is 5. The average Bonchev–Trinajstić information content (AvgIpc) is 3.11. The Labute approximate surface area is 158 Å². The molecule has 0 aliphatic carbocycles. The normalized spacial score (nSPS) is 17.2. The van der Waals surface area contributed by atoms with Crippen molar-refractivity contribution >= 4 is 22.6 Å². The smallest absolute Gasteiger partial charge is 0.255 e. The first-order chi connectivity index (χ1) is 13.2. The number of pyridine rings is 1. The van der Waals surface area contributed by atoms with Crippen LogP contribution in [0.2, 0.25) is 0 Å². The Hall–Kier alpha value is -2.93. The monoisotopic (exact) mass is 364 g/mol. The molecule has 1 saturated heterocycles. The lowest BCUT2D eigenvalue weighted by atomic mass is 10.1. The number of hydrogen-bond donors (Lipinski definition) is 2. The van der Waals surface area contributed by atoms with E-state index >= 15 is 0 Å². The Balaban J connectivity index is 1.33. The summed E-state index contributed by atoms with van der Waals surface area (Å²) in [4.78, 5) is 18.7. The summed E-state index contributed by atoms with van der Waals surface area (Å²) in [5.74, 6) is 0.755. The van der Waals surface area contributed by atoms with E-state index in [0.717, 1.165) is 42.7 Å². The van der Waals surface area contributed by atoms with Crippen molar-refractivity contribution in [3.05, 3.63) is 54.4 Å². The van der Waals surface area contributed by atoms with Gasteiger partial charge in [0.15, 0.2) is 0 Å². The molecule has 1 fully saturated rings. The zero-order valence-corrected chi connectivity index (χ0v) is 15.2. The number of likely N-dealkylation sites (tertiary alicyclic amines) is 1. The second-order valence-electron chi connectivity index (χ2n) is 6.94. The first kappa shape index (κ1) is 17.5. The van der Waals surface area contributed by atoms with Crippen LogP contribution in [0.15, 0.2) is 48.8 Å². The summed E-state index contributed by atoms with van der Waals surface area (Å²) < 4.78 is 1.97. The maximum Gasteiger partial charge on any atom is 0.255 e. The molecule has 1 amide bonds. The van der Waals surface area contributed by atoms with Gasteiger partial charge in [0.2, 0.25) is 0 Å². The molecular weight excluding hydrogens is 340 g/mol. The number of benzene rings is 1. The molecule has 4 rings (SSSR count). The van der Waals surface area contributed by atoms with Crippen LogP contribution in [0.5, 0.6) is 0 Å². The molecule has 7 nitrogen and oxygen atoms in total. The van der Waals surface area contributed by atoms with Gasteiger partial charge < -0.3 is 16.0 Å². The molecule has 0 spiro atoms. The molecule has 3 heterocycles. The number of nitrogens with zero attached hydrogens (tertiary/aromatic N) is 4. The summed E-state index contributed by atoms with van der Waals surface area (Å²) in [6.45, 7) is 2.83. The van der Waals surface area contributed by atoms with Gasteiger partial charge in [0, 0.05) is 37.3 Å². The number of carbonyl (C=O) groups excluding carboxylic acids is 1. The molecule has 140 valence electrons. The van der Waals surface area contributed by atoms with Crippen molar-refractivity contribution in [3.63, 3.8) is 0 Å². The molecule has 1 unspecified atom stereocenters. The van der Waals surface area contributed by atoms with Crippen LogP contribution in [-0.4, -0.2) is 51.2 Å². The number of piperidine rings is 1. The van der Waals surface area contributed by atoms with Crippen molar-refractivity contribution in [1.82, 2.24) is 19.7 Å². The van der Waals surface area contributed by atoms with Gasteiger partial charge in [-0.15, -0.1) is 0 Å². The van der Waals surface area contributed by atoms with Gasteiger partial charge in [-0.2, -0.15) is 5.10 Å². The van der Waals surface area contributed by atoms with Gasteiger partial charge in [0.05, 0.1) is 23.8 Å². The number of carbonyl (C=O) groups is 1. The number of nitrogens with one attached hydrogen (secondary N) is 1. The number of rotatable bonds is 5. The van der Waals surface area contributed by atoms with Crippen molar-refractivity contribution in [3.8, 4) is 0 Å².